The summed E-state index contributed by atoms with van der Waals surface area (Å²) in [5.41, 5.74) is -0.106. The van der Waals surface area contributed by atoms with Gasteiger partial charge in [0.05, 0.1) is 7.11 Å². The van der Waals surface area contributed by atoms with Crippen LogP contribution in [0.25, 0.3) is 0 Å². The van der Waals surface area contributed by atoms with E-state index in [2.05, 4.69) is 10.1 Å². The van der Waals surface area contributed by atoms with Crippen LogP contribution < -0.4 is 10.9 Å². The number of aryl methyl sites for hydroxylation is 1. The van der Waals surface area contributed by atoms with Crippen molar-refractivity contribution in [2.45, 2.75) is 58.0 Å². The number of rotatable bonds is 11. The molecule has 0 spiro atoms. The van der Waals surface area contributed by atoms with Crippen LogP contribution in [-0.4, -0.2) is 30.3 Å². The Hall–Kier alpha value is -3.56. The van der Waals surface area contributed by atoms with Gasteiger partial charge in [-0.2, -0.15) is 13.2 Å². The summed E-state index contributed by atoms with van der Waals surface area (Å²) in [4.78, 5) is 36.4. The first-order valence-electron chi connectivity index (χ1n) is 11.5. The van der Waals surface area contributed by atoms with Crippen LogP contribution in [0, 0.1) is 5.92 Å². The fourth-order valence-electron chi connectivity index (χ4n) is 3.55. The molecule has 2 N–H and O–H groups in total. The number of alkyl halides is 3. The maximum Gasteiger partial charge on any atom is 0.410 e. The normalized spacial score (nSPS) is 13.4. The number of hydrogen-bond donors (Lipinski definition) is 2. The number of ether oxygens (including phenoxy) is 1. The molecule has 2 aromatic rings. The zero-order chi connectivity index (χ0) is 26.9. The molecule has 0 aliphatic heterocycles. The number of carbonyl (C=O) groups excluding carboxylic acids is 2. The van der Waals surface area contributed by atoms with Gasteiger partial charge in [-0.3, -0.25) is 10.1 Å². The topological polar surface area (TPSA) is 106 Å². The highest BCUT2D eigenvalue weighted by atomic mass is 19.4. The van der Waals surface area contributed by atoms with Crippen molar-refractivity contribution >= 4 is 11.9 Å². The van der Waals surface area contributed by atoms with Gasteiger partial charge in [0.2, 0.25) is 0 Å². The predicted molar refractivity (Wildman–Crippen MR) is 127 cm³/mol. The molecule has 0 fully saturated rings. The fourth-order valence-corrected chi connectivity index (χ4v) is 3.55. The van der Waals surface area contributed by atoms with Gasteiger partial charge < -0.3 is 14.3 Å². The molecule has 10 heteroatoms. The molecule has 1 heterocycles. The van der Waals surface area contributed by atoms with Crippen LogP contribution in [-0.2, 0) is 17.6 Å². The predicted octanol–water partition coefficient (Wildman–Crippen LogP) is 5.66. The van der Waals surface area contributed by atoms with Gasteiger partial charge in [0.25, 0.3) is 0 Å². The van der Waals surface area contributed by atoms with Crippen molar-refractivity contribution in [2.24, 2.45) is 5.92 Å². The van der Waals surface area contributed by atoms with Crippen molar-refractivity contribution in [1.29, 1.82) is 0 Å². The number of aromatic hydroxyl groups is 1. The maximum absolute atomic E-state index is 12.9. The minimum atomic E-state index is -4.23. The number of allylic oxidation sites excluding steroid dienone is 1. The lowest BCUT2D eigenvalue weighted by atomic mass is 9.92. The summed E-state index contributed by atoms with van der Waals surface area (Å²) in [7, 11) is 1.25. The number of hydrogen-bond acceptors (Lipinski definition) is 6. The number of halogens is 3. The summed E-state index contributed by atoms with van der Waals surface area (Å²) >= 11 is 0. The standard InChI is InChI=1S/C26H30F3NO6/c1-16(6-4-5-13-30-25(34)35-3)21-15-20(31)22(24(33)36-21)23(32)17(2)14-19-9-7-18(8-10-19)11-12-26(27,28)29/h5,7-10,13,15-17,31H,4,6,11-12,14H2,1-3H3,(H,30,34)/b13-5+. The van der Waals surface area contributed by atoms with E-state index < -0.39 is 47.3 Å². The average molecular weight is 510 g/mol. The van der Waals surface area contributed by atoms with Crippen molar-refractivity contribution in [3.63, 3.8) is 0 Å². The molecule has 2 rings (SSSR count). The fraction of sp³-hybridized carbons (Fsp3) is 0.423. The molecule has 2 atom stereocenters. The van der Waals surface area contributed by atoms with Crippen LogP contribution in [0.4, 0.5) is 18.0 Å². The molecule has 0 radical (unpaired) electrons. The monoisotopic (exact) mass is 509 g/mol. The minimum absolute atomic E-state index is 0.126. The van der Waals surface area contributed by atoms with Crippen molar-refractivity contribution in [1.82, 2.24) is 5.32 Å². The molecular formula is C26H30F3NO6. The second kappa shape index (κ2) is 12.9. The second-order valence-corrected chi connectivity index (χ2v) is 8.61. The minimum Gasteiger partial charge on any atom is -0.507 e. The van der Waals surface area contributed by atoms with Crippen molar-refractivity contribution in [2.75, 3.05) is 7.11 Å². The Morgan fingerprint density at radius 3 is 2.39 bits per heavy atom. The Labute approximate surface area is 207 Å². The number of methoxy groups -OCH3 is 1. The van der Waals surface area contributed by atoms with E-state index in [-0.39, 0.29) is 24.5 Å². The van der Waals surface area contributed by atoms with E-state index in [1.54, 1.807) is 44.2 Å². The molecular weight excluding hydrogens is 479 g/mol. The molecule has 1 aromatic carbocycles. The largest absolute Gasteiger partial charge is 0.507 e. The van der Waals surface area contributed by atoms with Crippen molar-refractivity contribution in [3.8, 4) is 5.75 Å². The van der Waals surface area contributed by atoms with Crippen LogP contribution in [0.1, 0.15) is 66.3 Å². The van der Waals surface area contributed by atoms with Crippen molar-refractivity contribution in [3.05, 3.63) is 75.5 Å². The highest BCUT2D eigenvalue weighted by Gasteiger charge is 2.27. The van der Waals surface area contributed by atoms with E-state index in [4.69, 9.17) is 4.42 Å². The summed E-state index contributed by atoms with van der Waals surface area (Å²) in [6.07, 6.45) is -1.39. The third kappa shape index (κ3) is 8.90. The number of ketones is 1. The van der Waals surface area contributed by atoms with Gasteiger partial charge in [0, 0.05) is 30.5 Å². The summed E-state index contributed by atoms with van der Waals surface area (Å²) in [6, 6.07) is 7.73. The molecule has 1 aromatic heterocycles. The molecule has 2 unspecified atom stereocenters. The van der Waals surface area contributed by atoms with Gasteiger partial charge in [0.15, 0.2) is 5.78 Å². The first kappa shape index (κ1) is 28.7. The Balaban J connectivity index is 2.00. The molecule has 1 amide bonds. The van der Waals surface area contributed by atoms with Crippen LogP contribution in [0.3, 0.4) is 0 Å². The van der Waals surface area contributed by atoms with Gasteiger partial charge in [0.1, 0.15) is 17.1 Å². The first-order chi connectivity index (χ1) is 16.9. The van der Waals surface area contributed by atoms with Gasteiger partial charge >= 0.3 is 17.9 Å². The molecule has 7 nitrogen and oxygen atoms in total. The third-order valence-electron chi connectivity index (χ3n) is 5.66. The van der Waals surface area contributed by atoms with Gasteiger partial charge in [-0.1, -0.05) is 44.2 Å². The summed E-state index contributed by atoms with van der Waals surface area (Å²) in [5.74, 6) is -1.74. The molecule has 0 bridgehead atoms. The second-order valence-electron chi connectivity index (χ2n) is 8.61. The molecule has 0 aliphatic rings. The zero-order valence-corrected chi connectivity index (χ0v) is 20.4. The number of alkyl carbamates (subject to hydrolysis) is 1. The summed E-state index contributed by atoms with van der Waals surface area (Å²) in [6.45, 7) is 3.39. The van der Waals surface area contributed by atoms with Crippen LogP contribution >= 0.6 is 0 Å². The lowest BCUT2D eigenvalue weighted by Crippen LogP contribution is -2.22. The Morgan fingerprint density at radius 1 is 1.17 bits per heavy atom. The number of amides is 1. The number of nitrogens with one attached hydrogen (secondary N) is 1. The lowest BCUT2D eigenvalue weighted by Gasteiger charge is -2.14. The van der Waals surface area contributed by atoms with Gasteiger partial charge in [-0.05, 0) is 36.8 Å². The highest BCUT2D eigenvalue weighted by molar-refractivity contribution is 5.99. The van der Waals surface area contributed by atoms with E-state index in [9.17, 15) is 32.7 Å². The van der Waals surface area contributed by atoms with Crippen LogP contribution in [0.15, 0.2) is 51.8 Å². The average Bonchev–Trinajstić information content (AvgIpc) is 2.81. The molecule has 0 aliphatic carbocycles. The number of benzene rings is 1. The van der Waals surface area contributed by atoms with Crippen LogP contribution in [0.2, 0.25) is 0 Å². The summed E-state index contributed by atoms with van der Waals surface area (Å²) < 4.78 is 46.9. The SMILES string of the molecule is COC(=O)N/C=C/CCC(C)c1cc(O)c(C(=O)C(C)Cc2ccc(CCC(F)(F)F)cc2)c(=O)o1. The van der Waals surface area contributed by atoms with Crippen molar-refractivity contribution < 1.29 is 37.0 Å². The van der Waals surface area contributed by atoms with E-state index in [0.717, 1.165) is 5.56 Å². The Bertz CT molecular complexity index is 1120. The zero-order valence-electron chi connectivity index (χ0n) is 20.4. The Morgan fingerprint density at radius 2 is 1.81 bits per heavy atom. The number of Topliss-reactive ketones (excluding diaryl/α,β-unsaturated/α-hetero) is 1. The molecule has 196 valence electrons. The highest BCUT2D eigenvalue weighted by Crippen LogP contribution is 2.27. The maximum atomic E-state index is 12.9. The van der Waals surface area contributed by atoms with E-state index in [1.165, 1.54) is 19.4 Å². The van der Waals surface area contributed by atoms with Gasteiger partial charge in [-0.15, -0.1) is 0 Å². The van der Waals surface area contributed by atoms with E-state index in [0.29, 0.717) is 18.4 Å². The lowest BCUT2D eigenvalue weighted by molar-refractivity contribution is -0.134. The third-order valence-corrected chi connectivity index (χ3v) is 5.66. The van der Waals surface area contributed by atoms with Crippen LogP contribution in [0.5, 0.6) is 5.75 Å². The molecule has 0 saturated heterocycles. The number of carbonyl (C=O) groups is 2. The van der Waals surface area contributed by atoms with E-state index >= 15 is 0 Å². The quantitative estimate of drug-likeness (QED) is 0.379. The molecule has 36 heavy (non-hydrogen) atoms. The smallest absolute Gasteiger partial charge is 0.410 e. The van der Waals surface area contributed by atoms with E-state index in [1.807, 2.05) is 0 Å². The Kier molecular flexibility index (Phi) is 10.3. The van der Waals surface area contributed by atoms with Gasteiger partial charge in [-0.25, -0.2) is 9.59 Å². The summed E-state index contributed by atoms with van der Waals surface area (Å²) in [5, 5.41) is 12.8. The molecule has 0 saturated carbocycles. The first-order valence-corrected chi connectivity index (χ1v) is 11.5.